The molecular weight excluding hydrogens is 392 g/mol. The summed E-state index contributed by atoms with van der Waals surface area (Å²) in [6.45, 7) is 0. The predicted molar refractivity (Wildman–Crippen MR) is 121 cm³/mol. The van der Waals surface area contributed by atoms with Gasteiger partial charge in [0.05, 0.1) is 0 Å². The second-order valence-electron chi connectivity index (χ2n) is 15.8. The van der Waals surface area contributed by atoms with E-state index in [1.807, 2.05) is 0 Å². The van der Waals surface area contributed by atoms with Crippen LogP contribution in [-0.4, -0.2) is 5.79 Å². The Labute approximate surface area is 193 Å². The Balaban J connectivity index is 1.16. The van der Waals surface area contributed by atoms with Gasteiger partial charge in [-0.3, -0.25) is 0 Å². The van der Waals surface area contributed by atoms with Crippen LogP contribution in [0.1, 0.15) is 96.3 Å². The lowest BCUT2D eigenvalue weighted by Crippen LogP contribution is -2.71. The van der Waals surface area contributed by atoms with Gasteiger partial charge in [-0.15, -0.1) is 0 Å². The Morgan fingerprint density at radius 3 is 1.53 bits per heavy atom. The molecule has 2 heteroatoms. The summed E-state index contributed by atoms with van der Waals surface area (Å²) in [5, 5.41) is 0. The fourth-order valence-electron chi connectivity index (χ4n) is 15.3. The smallest absolute Gasteiger partial charge is 0.194 e. The van der Waals surface area contributed by atoms with Gasteiger partial charge in [-0.1, -0.05) is 0 Å². The zero-order valence-electron chi connectivity index (χ0n) is 19.9. The Kier molecular flexibility index (Phi) is 3.13. The van der Waals surface area contributed by atoms with Gasteiger partial charge in [0.1, 0.15) is 0 Å². The third kappa shape index (κ3) is 1.93. The summed E-state index contributed by atoms with van der Waals surface area (Å²) in [7, 11) is 0. The molecule has 13 rings (SSSR count). The normalized spacial score (nSPS) is 68.2. The summed E-state index contributed by atoms with van der Waals surface area (Å²) < 4.78 is 0. The largest absolute Gasteiger partial charge is 0.242 e. The Hall–Kier alpha value is -0.0800. The molecular formula is C30H42O2. The Morgan fingerprint density at radius 1 is 0.469 bits per heavy atom. The SMILES string of the molecule is C1C2CC3CC1CC(C2)C3C12CC3CC(CC(C3)C1C13CC4CC(CC(C4)C14OO4)C3)C2. The molecule has 12 aliphatic carbocycles. The molecule has 0 aromatic rings. The molecule has 1 saturated heterocycles. The van der Waals surface area contributed by atoms with Gasteiger partial charge in [-0.25, -0.2) is 0 Å². The highest BCUT2D eigenvalue weighted by Crippen LogP contribution is 2.82. The first-order valence-corrected chi connectivity index (χ1v) is 15.0. The predicted octanol–water partition coefficient (Wildman–Crippen LogP) is 6.99. The van der Waals surface area contributed by atoms with E-state index in [2.05, 4.69) is 0 Å². The first kappa shape index (κ1) is 18.2. The first-order valence-electron chi connectivity index (χ1n) is 15.0. The van der Waals surface area contributed by atoms with Crippen molar-refractivity contribution in [3.8, 4) is 0 Å². The van der Waals surface area contributed by atoms with E-state index in [9.17, 15) is 0 Å². The molecule has 0 radical (unpaired) electrons. The molecule has 174 valence electrons. The van der Waals surface area contributed by atoms with Crippen molar-refractivity contribution in [2.75, 3.05) is 0 Å². The summed E-state index contributed by atoms with van der Waals surface area (Å²) in [5.74, 6) is 12.2. The summed E-state index contributed by atoms with van der Waals surface area (Å²) in [6, 6.07) is 0. The molecule has 5 unspecified atom stereocenters. The molecule has 5 atom stereocenters. The average molecular weight is 435 g/mol. The average Bonchev–Trinajstić information content (AvgIpc) is 3.52. The standard InChI is InChI=1S/C30H42O2/c1-16-4-22-6-17(1)7-23(5-16)26(22)28-12-18-2-19(13-28)9-24(8-18)27(28)29-14-20-3-21(15-29)11-25(10-20)30(29)31-32-30/h16-27H,1-15H2. The van der Waals surface area contributed by atoms with Crippen molar-refractivity contribution in [2.45, 2.75) is 102 Å². The second kappa shape index (κ2) is 5.50. The Bertz CT molecular complexity index is 816. The monoisotopic (exact) mass is 434 g/mol. The molecule has 1 aliphatic heterocycles. The van der Waals surface area contributed by atoms with Crippen molar-refractivity contribution in [1.82, 2.24) is 0 Å². The summed E-state index contributed by atoms with van der Waals surface area (Å²) in [4.78, 5) is 12.6. The first-order chi connectivity index (χ1) is 15.6. The number of hydrogen-bond donors (Lipinski definition) is 0. The van der Waals surface area contributed by atoms with Crippen LogP contribution in [0, 0.1) is 81.8 Å². The van der Waals surface area contributed by atoms with E-state index in [1.165, 1.54) is 25.7 Å². The van der Waals surface area contributed by atoms with E-state index < -0.39 is 0 Å². The lowest BCUT2D eigenvalue weighted by atomic mass is 9.30. The lowest BCUT2D eigenvalue weighted by Gasteiger charge is -2.74. The van der Waals surface area contributed by atoms with Gasteiger partial charge in [0, 0.05) is 11.3 Å². The number of rotatable bonds is 2. The van der Waals surface area contributed by atoms with Crippen LogP contribution in [0.4, 0.5) is 0 Å². The molecule has 0 N–H and O–H groups in total. The van der Waals surface area contributed by atoms with E-state index >= 15 is 0 Å². The molecule has 0 aromatic carbocycles. The molecule has 0 aromatic heterocycles. The molecule has 12 bridgehead atoms. The van der Waals surface area contributed by atoms with Crippen LogP contribution in [-0.2, 0) is 9.78 Å². The molecule has 1 spiro atoms. The minimum atomic E-state index is -0.126. The van der Waals surface area contributed by atoms with Gasteiger partial charge >= 0.3 is 0 Å². The summed E-state index contributed by atoms with van der Waals surface area (Å²) >= 11 is 0. The maximum Gasteiger partial charge on any atom is 0.242 e. The van der Waals surface area contributed by atoms with E-state index in [0.717, 1.165) is 71.0 Å². The zero-order chi connectivity index (χ0) is 20.4. The maximum absolute atomic E-state index is 6.28. The second-order valence-corrected chi connectivity index (χ2v) is 15.8. The van der Waals surface area contributed by atoms with E-state index in [4.69, 9.17) is 9.78 Å². The van der Waals surface area contributed by atoms with Crippen molar-refractivity contribution >= 4 is 0 Å². The van der Waals surface area contributed by atoms with E-state index in [1.54, 1.807) is 70.6 Å². The van der Waals surface area contributed by atoms with E-state index in [-0.39, 0.29) is 5.79 Å². The van der Waals surface area contributed by atoms with Crippen LogP contribution in [0.3, 0.4) is 0 Å². The van der Waals surface area contributed by atoms with Crippen LogP contribution in [0.2, 0.25) is 0 Å². The highest BCUT2D eigenvalue weighted by atomic mass is 17.4. The van der Waals surface area contributed by atoms with Gasteiger partial charge in [0.2, 0.25) is 5.79 Å². The quantitative estimate of drug-likeness (QED) is 0.346. The maximum atomic E-state index is 6.28. The van der Waals surface area contributed by atoms with Crippen LogP contribution in [0.25, 0.3) is 0 Å². The third-order valence-electron chi connectivity index (χ3n) is 14.6. The highest BCUT2D eigenvalue weighted by Gasteiger charge is 2.82. The van der Waals surface area contributed by atoms with Crippen LogP contribution >= 0.6 is 0 Å². The van der Waals surface area contributed by atoms with Gasteiger partial charge in [0.25, 0.3) is 0 Å². The van der Waals surface area contributed by atoms with E-state index in [0.29, 0.717) is 10.8 Å². The lowest BCUT2D eigenvalue weighted by molar-refractivity contribution is -0.277. The van der Waals surface area contributed by atoms with Crippen molar-refractivity contribution in [2.24, 2.45) is 81.8 Å². The van der Waals surface area contributed by atoms with Crippen LogP contribution < -0.4 is 0 Å². The van der Waals surface area contributed by atoms with Crippen LogP contribution in [0.15, 0.2) is 0 Å². The van der Waals surface area contributed by atoms with Crippen LogP contribution in [0.5, 0.6) is 0 Å². The van der Waals surface area contributed by atoms with Gasteiger partial charge < -0.3 is 0 Å². The molecule has 2 nitrogen and oxygen atoms in total. The minimum Gasteiger partial charge on any atom is -0.194 e. The zero-order valence-corrected chi connectivity index (χ0v) is 19.9. The fraction of sp³-hybridized carbons (Fsp3) is 1.00. The molecule has 13 fully saturated rings. The molecule has 13 aliphatic rings. The highest BCUT2D eigenvalue weighted by molar-refractivity contribution is 5.24. The minimum absolute atomic E-state index is 0.126. The van der Waals surface area contributed by atoms with Gasteiger partial charge in [0.15, 0.2) is 0 Å². The summed E-state index contributed by atoms with van der Waals surface area (Å²) in [5.41, 5.74) is 1.07. The van der Waals surface area contributed by atoms with Crippen molar-refractivity contribution in [1.29, 1.82) is 0 Å². The molecule has 32 heavy (non-hydrogen) atoms. The molecule has 0 amide bonds. The van der Waals surface area contributed by atoms with Gasteiger partial charge in [-0.05, 0) is 167 Å². The Morgan fingerprint density at radius 2 is 0.969 bits per heavy atom. The number of hydrogen-bond acceptors (Lipinski definition) is 2. The molecule has 1 heterocycles. The van der Waals surface area contributed by atoms with Crippen molar-refractivity contribution < 1.29 is 9.78 Å². The van der Waals surface area contributed by atoms with Gasteiger partial charge in [-0.2, -0.15) is 9.78 Å². The topological polar surface area (TPSA) is 25.1 Å². The van der Waals surface area contributed by atoms with Crippen molar-refractivity contribution in [3.05, 3.63) is 0 Å². The summed E-state index contributed by atoms with van der Waals surface area (Å²) in [6.07, 6.45) is 23.4. The fourth-order valence-corrected chi connectivity index (χ4v) is 15.3. The third-order valence-corrected chi connectivity index (χ3v) is 14.6. The van der Waals surface area contributed by atoms with Crippen molar-refractivity contribution in [3.63, 3.8) is 0 Å². The molecule has 12 saturated carbocycles.